The van der Waals surface area contributed by atoms with Crippen molar-refractivity contribution in [1.29, 1.82) is 0 Å². The predicted octanol–water partition coefficient (Wildman–Crippen LogP) is 6.94. The number of benzene rings is 2. The number of likely N-dealkylation sites (tertiary alicyclic amines) is 1. The summed E-state index contributed by atoms with van der Waals surface area (Å²) in [5, 5.41) is 7.33. The van der Waals surface area contributed by atoms with Gasteiger partial charge in [0.05, 0.1) is 47.7 Å². The quantitative estimate of drug-likeness (QED) is 0.141. The first-order valence-corrected chi connectivity index (χ1v) is 18.0. The molecule has 51 heavy (non-hydrogen) atoms. The molecule has 2 aliphatic heterocycles. The Balaban J connectivity index is 1.20. The molecule has 0 spiro atoms. The van der Waals surface area contributed by atoms with Gasteiger partial charge < -0.3 is 24.8 Å². The first-order chi connectivity index (χ1) is 24.6. The van der Waals surface area contributed by atoms with Crippen LogP contribution in [0, 0.1) is 5.92 Å². The van der Waals surface area contributed by atoms with Crippen LogP contribution in [0.5, 0.6) is 11.6 Å². The molecule has 12 heteroatoms. The Morgan fingerprint density at radius 3 is 2.53 bits per heavy atom. The number of carbonyl (C=O) groups excluding carboxylic acids is 2. The highest BCUT2D eigenvalue weighted by Gasteiger charge is 2.30. The van der Waals surface area contributed by atoms with Gasteiger partial charge >= 0.3 is 5.97 Å². The van der Waals surface area contributed by atoms with Crippen LogP contribution in [0.1, 0.15) is 44.2 Å². The Morgan fingerprint density at radius 1 is 1.00 bits per heavy atom. The second kappa shape index (κ2) is 16.4. The van der Waals surface area contributed by atoms with Gasteiger partial charge in [-0.25, -0.2) is 4.98 Å². The molecule has 1 amide bonds. The fourth-order valence-electron chi connectivity index (χ4n) is 6.69. The maximum absolute atomic E-state index is 12.4. The Kier molecular flexibility index (Phi) is 11.8. The third kappa shape index (κ3) is 8.47. The summed E-state index contributed by atoms with van der Waals surface area (Å²) in [6.45, 7) is 7.07. The van der Waals surface area contributed by atoms with E-state index in [-0.39, 0.29) is 29.9 Å². The van der Waals surface area contributed by atoms with Gasteiger partial charge in [-0.3, -0.25) is 19.5 Å². The van der Waals surface area contributed by atoms with Crippen LogP contribution in [0.4, 0.5) is 0 Å². The van der Waals surface area contributed by atoms with Crippen molar-refractivity contribution in [3.05, 3.63) is 82.0 Å². The van der Waals surface area contributed by atoms with Crippen LogP contribution in [-0.2, 0) is 27.4 Å². The number of carbonyl (C=O) groups is 2. The van der Waals surface area contributed by atoms with Crippen molar-refractivity contribution in [2.75, 3.05) is 33.9 Å². The summed E-state index contributed by atoms with van der Waals surface area (Å²) < 4.78 is 16.9. The van der Waals surface area contributed by atoms with Gasteiger partial charge in [-0.15, -0.1) is 0 Å². The van der Waals surface area contributed by atoms with Gasteiger partial charge in [0.15, 0.2) is 0 Å². The molecule has 0 aliphatic carbocycles. The maximum Gasteiger partial charge on any atom is 0.310 e. The van der Waals surface area contributed by atoms with Crippen molar-refractivity contribution >= 4 is 35.1 Å². The zero-order valence-electron chi connectivity index (χ0n) is 29.3. The van der Waals surface area contributed by atoms with Crippen molar-refractivity contribution in [3.8, 4) is 45.3 Å². The molecule has 2 fully saturated rings. The van der Waals surface area contributed by atoms with Crippen molar-refractivity contribution in [3.63, 3.8) is 0 Å². The van der Waals surface area contributed by atoms with Crippen LogP contribution < -0.4 is 20.1 Å². The average Bonchev–Trinajstić information content (AvgIpc) is 3.77. The van der Waals surface area contributed by atoms with E-state index in [0.29, 0.717) is 65.7 Å². The molecule has 0 radical (unpaired) electrons. The lowest BCUT2D eigenvalue weighted by molar-refractivity contribution is -0.151. The normalized spacial score (nSPS) is 17.5. The van der Waals surface area contributed by atoms with E-state index in [2.05, 4.69) is 20.5 Å². The van der Waals surface area contributed by atoms with E-state index >= 15 is 0 Å². The summed E-state index contributed by atoms with van der Waals surface area (Å²) >= 11 is 14.2. The molecule has 4 aromatic rings. The van der Waals surface area contributed by atoms with E-state index in [1.54, 1.807) is 20.4 Å². The third-order valence-corrected chi connectivity index (χ3v) is 10.1. The smallest absolute Gasteiger partial charge is 0.310 e. The van der Waals surface area contributed by atoms with Crippen molar-refractivity contribution in [2.45, 2.75) is 58.3 Å². The topological polar surface area (TPSA) is 115 Å². The number of nitrogens with zero attached hydrogens (tertiary/aromatic N) is 3. The molecule has 0 unspecified atom stereocenters. The van der Waals surface area contributed by atoms with E-state index in [9.17, 15) is 9.59 Å². The number of halogens is 2. The lowest BCUT2D eigenvalue weighted by atomic mass is 9.99. The summed E-state index contributed by atoms with van der Waals surface area (Å²) in [5.41, 5.74) is 6.20. The molecule has 2 N–H and O–H groups in total. The number of rotatable bonds is 13. The van der Waals surface area contributed by atoms with Gasteiger partial charge in [-0.1, -0.05) is 59.6 Å². The highest BCUT2D eigenvalue weighted by molar-refractivity contribution is 6.39. The van der Waals surface area contributed by atoms with Gasteiger partial charge in [0.1, 0.15) is 5.75 Å². The van der Waals surface area contributed by atoms with Crippen molar-refractivity contribution < 1.29 is 23.8 Å². The molecule has 268 valence electrons. The van der Waals surface area contributed by atoms with Crippen LogP contribution >= 0.6 is 23.2 Å². The number of pyridine rings is 2. The minimum Gasteiger partial charge on any atom is -0.496 e. The summed E-state index contributed by atoms with van der Waals surface area (Å²) in [6, 6.07) is 17.6. The molecule has 6 rings (SSSR count). The standard InChI is InChI=1S/C39H43Cl2N5O5/c1-23(2)51-39(48)27-15-17-46(22-27)21-26-9-8-24(18-33(26)49-3)37-36(41)30(14-16-43-37)29-6-5-7-31(35(29)40)32-12-10-25(38(45-32)50-4)19-42-20-28-11-13-34(47)44-28/h5-10,12,14,16,18,23,27-28,42H,11,13,15,17,19-22H2,1-4H3,(H,44,47)/t27-,28+/m1/s1. The predicted molar refractivity (Wildman–Crippen MR) is 199 cm³/mol. The van der Waals surface area contributed by atoms with Crippen LogP contribution in [0.2, 0.25) is 10.0 Å². The number of hydrogen-bond acceptors (Lipinski definition) is 9. The summed E-state index contributed by atoms with van der Waals surface area (Å²) in [4.78, 5) is 35.7. The zero-order chi connectivity index (χ0) is 36.1. The second-order valence-electron chi connectivity index (χ2n) is 13.2. The molecule has 0 saturated carbocycles. The minimum atomic E-state index is -0.133. The number of methoxy groups -OCH3 is 2. The fraction of sp³-hybridized carbons (Fsp3) is 0.385. The molecule has 4 heterocycles. The number of amides is 1. The van der Waals surface area contributed by atoms with E-state index in [1.165, 1.54) is 0 Å². The molecule has 2 saturated heterocycles. The van der Waals surface area contributed by atoms with Crippen LogP contribution in [0.15, 0.2) is 60.8 Å². The monoisotopic (exact) mass is 731 g/mol. The highest BCUT2D eigenvalue weighted by Crippen LogP contribution is 2.42. The fourth-order valence-corrected chi connectivity index (χ4v) is 7.34. The molecule has 2 aromatic carbocycles. The van der Waals surface area contributed by atoms with E-state index in [4.69, 9.17) is 42.4 Å². The average molecular weight is 733 g/mol. The zero-order valence-corrected chi connectivity index (χ0v) is 30.8. The lowest BCUT2D eigenvalue weighted by Gasteiger charge is -2.19. The van der Waals surface area contributed by atoms with Gasteiger partial charge in [0.2, 0.25) is 11.8 Å². The second-order valence-corrected chi connectivity index (χ2v) is 14.0. The molecular weight excluding hydrogens is 689 g/mol. The Bertz CT molecular complexity index is 1900. The number of ether oxygens (including phenoxy) is 3. The third-order valence-electron chi connectivity index (χ3n) is 9.29. The van der Waals surface area contributed by atoms with Crippen LogP contribution in [-0.4, -0.2) is 72.7 Å². The molecule has 2 atom stereocenters. The Hall–Kier alpha value is -4.22. The highest BCUT2D eigenvalue weighted by atomic mass is 35.5. The Morgan fingerprint density at radius 2 is 1.78 bits per heavy atom. The summed E-state index contributed by atoms with van der Waals surface area (Å²) in [6.07, 6.45) is 3.78. The number of nitrogens with one attached hydrogen (secondary N) is 2. The van der Waals surface area contributed by atoms with E-state index < -0.39 is 0 Å². The first-order valence-electron chi connectivity index (χ1n) is 17.2. The van der Waals surface area contributed by atoms with E-state index in [1.807, 2.05) is 68.4 Å². The maximum atomic E-state index is 12.4. The first kappa shape index (κ1) is 36.6. The molecule has 10 nitrogen and oxygen atoms in total. The molecule has 2 aliphatic rings. The van der Waals surface area contributed by atoms with Gasteiger partial charge in [-0.05, 0) is 51.4 Å². The van der Waals surface area contributed by atoms with Crippen molar-refractivity contribution in [1.82, 2.24) is 25.5 Å². The molecule has 0 bridgehead atoms. The Labute approximate surface area is 308 Å². The van der Waals surface area contributed by atoms with Crippen molar-refractivity contribution in [2.24, 2.45) is 5.92 Å². The van der Waals surface area contributed by atoms with Crippen LogP contribution in [0.3, 0.4) is 0 Å². The summed E-state index contributed by atoms with van der Waals surface area (Å²) in [5.74, 6) is 1.06. The molecule has 2 aromatic heterocycles. The lowest BCUT2D eigenvalue weighted by Crippen LogP contribution is -2.35. The minimum absolute atomic E-state index is 0.0967. The largest absolute Gasteiger partial charge is 0.496 e. The van der Waals surface area contributed by atoms with Gasteiger partial charge in [-0.2, -0.15) is 0 Å². The molecular formula is C39H43Cl2N5O5. The number of aromatic nitrogens is 2. The summed E-state index contributed by atoms with van der Waals surface area (Å²) in [7, 11) is 3.24. The number of hydrogen-bond donors (Lipinski definition) is 2. The van der Waals surface area contributed by atoms with Gasteiger partial charge in [0, 0.05) is 78.2 Å². The van der Waals surface area contributed by atoms with Gasteiger partial charge in [0.25, 0.3) is 0 Å². The van der Waals surface area contributed by atoms with E-state index in [0.717, 1.165) is 52.8 Å². The van der Waals surface area contributed by atoms with Crippen LogP contribution in [0.25, 0.3) is 33.6 Å². The SMILES string of the molecule is COc1cc(-c2nccc(-c3cccc(-c4ccc(CNC[C@@H]5CCC(=O)N5)c(OC)n4)c3Cl)c2Cl)ccc1CN1CC[C@@H](C(=O)OC(C)C)C1. The number of esters is 1.